The molecule has 5 nitrogen and oxygen atoms in total. The molecule has 0 aromatic heterocycles. The Morgan fingerprint density at radius 1 is 0.500 bits per heavy atom. The van der Waals surface area contributed by atoms with Gasteiger partial charge < -0.3 is 4.74 Å². The van der Waals surface area contributed by atoms with Crippen molar-refractivity contribution in [3.05, 3.63) is 0 Å². The lowest BCUT2D eigenvalue weighted by atomic mass is 10.1. The molecular formula is C43H89F2N3O2. The number of nitrogens with two attached hydrogens (primary N) is 1. The van der Waals surface area contributed by atoms with Gasteiger partial charge in [-0.05, 0) is 32.1 Å². The van der Waals surface area contributed by atoms with Gasteiger partial charge in [-0.3, -0.25) is 10.6 Å². The van der Waals surface area contributed by atoms with Crippen molar-refractivity contribution < 1.29 is 18.3 Å². The van der Waals surface area contributed by atoms with Crippen molar-refractivity contribution >= 4 is 5.97 Å². The number of halogens is 2. The number of carbonyl (C=O) groups is 1. The lowest BCUT2D eigenvalue weighted by Gasteiger charge is -2.20. The average Bonchev–Trinajstić information content (AvgIpc) is 3.11. The lowest BCUT2D eigenvalue weighted by molar-refractivity contribution is -0.143. The van der Waals surface area contributed by atoms with E-state index in [0.717, 1.165) is 51.6 Å². The monoisotopic (exact) mass is 718 g/mol. The van der Waals surface area contributed by atoms with Crippen LogP contribution in [0.3, 0.4) is 0 Å². The Kier molecular flexibility index (Phi) is 47.4. The molecule has 3 N–H and O–H groups in total. The molecule has 0 atom stereocenters. The topological polar surface area (TPSA) is 67.6 Å². The molecule has 0 saturated heterocycles. The molecule has 0 unspecified atom stereocenters. The number of hydrogen-bond acceptors (Lipinski definition) is 5. The van der Waals surface area contributed by atoms with Crippen LogP contribution in [-0.4, -0.2) is 37.1 Å². The van der Waals surface area contributed by atoms with Crippen LogP contribution in [0.1, 0.15) is 245 Å². The van der Waals surface area contributed by atoms with E-state index in [9.17, 15) is 13.6 Å². The zero-order valence-electron chi connectivity index (χ0n) is 34.0. The number of nitrogens with zero attached hydrogens (tertiary/aromatic N) is 1. The standard InChI is InChI=1S/C23H44F2O2.C20H45N3/c1-2-3-4-5-10-14-17-20-23(26)27-21-18-15-12-9-7-6-8-11-13-16-19-22(24)25;1-3-5-7-9-11-13-15-17-19-23(22-21)20-18-16-14-12-10-8-6-4-2/h22H,2-21H2,1H3;22H,3-21H2,1-2H3. The minimum absolute atomic E-state index is 0.0320. The molecule has 0 saturated carbocycles. The van der Waals surface area contributed by atoms with Gasteiger partial charge in [-0.15, -0.1) is 0 Å². The van der Waals surface area contributed by atoms with Crippen molar-refractivity contribution in [2.45, 2.75) is 252 Å². The molecule has 0 heterocycles. The first-order valence-corrected chi connectivity index (χ1v) is 22.2. The second kappa shape index (κ2) is 46.2. The van der Waals surface area contributed by atoms with Crippen molar-refractivity contribution in [1.82, 2.24) is 10.5 Å². The van der Waals surface area contributed by atoms with E-state index in [1.54, 1.807) is 0 Å². The zero-order chi connectivity index (χ0) is 37.0. The fourth-order valence-electron chi connectivity index (χ4n) is 6.41. The highest BCUT2D eigenvalue weighted by Crippen LogP contribution is 2.14. The predicted molar refractivity (Wildman–Crippen MR) is 214 cm³/mol. The summed E-state index contributed by atoms with van der Waals surface area (Å²) in [7, 11) is 0. The second-order valence-corrected chi connectivity index (χ2v) is 14.9. The molecule has 0 fully saturated rings. The molecule has 0 radical (unpaired) electrons. The Morgan fingerprint density at radius 2 is 0.820 bits per heavy atom. The van der Waals surface area contributed by atoms with Gasteiger partial charge in [0.05, 0.1) is 6.61 Å². The van der Waals surface area contributed by atoms with E-state index in [0.29, 0.717) is 19.4 Å². The summed E-state index contributed by atoms with van der Waals surface area (Å²) in [6.07, 6.45) is 39.9. The molecule has 0 aromatic carbocycles. The van der Waals surface area contributed by atoms with Crippen molar-refractivity contribution in [2.75, 3.05) is 19.7 Å². The van der Waals surface area contributed by atoms with Crippen LogP contribution in [0.5, 0.6) is 0 Å². The molecule has 0 rings (SSSR count). The quantitative estimate of drug-likeness (QED) is 0.0286. The summed E-state index contributed by atoms with van der Waals surface area (Å²) >= 11 is 0. The number of esters is 1. The second-order valence-electron chi connectivity index (χ2n) is 14.9. The zero-order valence-corrected chi connectivity index (χ0v) is 34.0. The predicted octanol–water partition coefficient (Wildman–Crippen LogP) is 14.2. The Balaban J connectivity index is 0. The van der Waals surface area contributed by atoms with E-state index >= 15 is 0 Å². The maximum Gasteiger partial charge on any atom is 0.305 e. The summed E-state index contributed by atoms with van der Waals surface area (Å²) in [5, 5.41) is 2.20. The fourth-order valence-corrected chi connectivity index (χ4v) is 6.41. The summed E-state index contributed by atoms with van der Waals surface area (Å²) in [6, 6.07) is 0. The normalized spacial score (nSPS) is 11.4. The van der Waals surface area contributed by atoms with Gasteiger partial charge in [0.25, 0.3) is 0 Å². The first-order chi connectivity index (χ1) is 24.5. The highest BCUT2D eigenvalue weighted by molar-refractivity contribution is 5.69. The van der Waals surface area contributed by atoms with E-state index in [1.807, 2.05) is 0 Å². The number of hydrogen-bond donors (Lipinski definition) is 2. The lowest BCUT2D eigenvalue weighted by Crippen LogP contribution is -2.44. The SMILES string of the molecule is CCCCCCCCCC(=O)OCCCCCCCCCCCCC(F)F.CCCCCCCCCCN(CCCCCCCCCC)NN. The molecule has 302 valence electrons. The molecule has 0 aliphatic rings. The minimum Gasteiger partial charge on any atom is -0.466 e. The number of carbonyl (C=O) groups excluding carboxylic acids is 1. The summed E-state index contributed by atoms with van der Waals surface area (Å²) < 4.78 is 29.2. The van der Waals surface area contributed by atoms with Gasteiger partial charge in [-0.1, -0.05) is 201 Å². The van der Waals surface area contributed by atoms with Gasteiger partial charge in [-0.2, -0.15) is 5.53 Å². The number of unbranched alkanes of at least 4 members (excludes halogenated alkanes) is 29. The van der Waals surface area contributed by atoms with E-state index in [1.165, 1.54) is 167 Å². The van der Waals surface area contributed by atoms with Gasteiger partial charge in [0, 0.05) is 25.9 Å². The fraction of sp³-hybridized carbons (Fsp3) is 0.977. The van der Waals surface area contributed by atoms with Crippen LogP contribution < -0.4 is 11.4 Å². The maximum absolute atomic E-state index is 12.0. The van der Waals surface area contributed by atoms with Gasteiger partial charge in [0.1, 0.15) is 0 Å². The smallest absolute Gasteiger partial charge is 0.305 e. The van der Waals surface area contributed by atoms with Crippen molar-refractivity contribution in [2.24, 2.45) is 5.84 Å². The average molecular weight is 718 g/mol. The van der Waals surface area contributed by atoms with Crippen LogP contribution in [0.15, 0.2) is 0 Å². The number of nitrogens with one attached hydrogen (secondary N) is 1. The molecule has 0 bridgehead atoms. The Bertz CT molecular complexity index is 607. The van der Waals surface area contributed by atoms with Crippen molar-refractivity contribution in [1.29, 1.82) is 0 Å². The van der Waals surface area contributed by atoms with Gasteiger partial charge >= 0.3 is 5.97 Å². The maximum atomic E-state index is 12.0. The van der Waals surface area contributed by atoms with Crippen LogP contribution in [0.4, 0.5) is 8.78 Å². The van der Waals surface area contributed by atoms with Crippen molar-refractivity contribution in [3.63, 3.8) is 0 Å². The van der Waals surface area contributed by atoms with E-state index in [4.69, 9.17) is 10.6 Å². The van der Waals surface area contributed by atoms with Crippen LogP contribution in [0.25, 0.3) is 0 Å². The highest BCUT2D eigenvalue weighted by Gasteiger charge is 2.04. The summed E-state index contributed by atoms with van der Waals surface area (Å²) in [4.78, 5) is 11.6. The third kappa shape index (κ3) is 47.2. The van der Waals surface area contributed by atoms with Crippen LogP contribution >= 0.6 is 0 Å². The van der Waals surface area contributed by atoms with E-state index in [2.05, 4.69) is 31.3 Å². The van der Waals surface area contributed by atoms with Crippen LogP contribution in [-0.2, 0) is 9.53 Å². The molecular weight excluding hydrogens is 628 g/mol. The summed E-state index contributed by atoms with van der Waals surface area (Å²) in [5.41, 5.74) is 2.87. The molecule has 0 aliphatic heterocycles. The van der Waals surface area contributed by atoms with Gasteiger partial charge in [-0.25, -0.2) is 13.8 Å². The molecule has 50 heavy (non-hydrogen) atoms. The number of hydrazine groups is 2. The Hall–Kier alpha value is -0.790. The van der Waals surface area contributed by atoms with Gasteiger partial charge in [0.2, 0.25) is 6.43 Å². The van der Waals surface area contributed by atoms with E-state index < -0.39 is 6.43 Å². The number of alkyl halides is 2. The first kappa shape index (κ1) is 51.3. The summed E-state index contributed by atoms with van der Waals surface area (Å²) in [5.74, 6) is 5.61. The largest absolute Gasteiger partial charge is 0.466 e. The van der Waals surface area contributed by atoms with Gasteiger partial charge in [0.15, 0.2) is 0 Å². The summed E-state index contributed by atoms with van der Waals surface area (Å²) in [6.45, 7) is 9.55. The highest BCUT2D eigenvalue weighted by atomic mass is 19.3. The molecule has 7 heteroatoms. The Labute approximate surface area is 311 Å². The Morgan fingerprint density at radius 3 is 1.18 bits per heavy atom. The third-order valence-electron chi connectivity index (χ3n) is 9.81. The molecule has 0 aromatic rings. The van der Waals surface area contributed by atoms with Crippen LogP contribution in [0.2, 0.25) is 0 Å². The van der Waals surface area contributed by atoms with E-state index in [-0.39, 0.29) is 12.4 Å². The minimum atomic E-state index is -2.13. The van der Waals surface area contributed by atoms with Crippen molar-refractivity contribution in [3.8, 4) is 0 Å². The number of rotatable bonds is 40. The third-order valence-corrected chi connectivity index (χ3v) is 9.81. The molecule has 0 aliphatic carbocycles. The molecule has 0 spiro atoms. The first-order valence-electron chi connectivity index (χ1n) is 22.2. The molecule has 0 amide bonds. The van der Waals surface area contributed by atoms with Crippen LogP contribution in [0, 0.1) is 0 Å². The number of ether oxygens (including phenoxy) is 1.